The van der Waals surface area contributed by atoms with Gasteiger partial charge in [0, 0.05) is 0 Å². The largest absolute Gasteiger partial charge is 0.475 e. The first kappa shape index (κ1) is 10.2. The maximum absolute atomic E-state index is 10.6. The van der Waals surface area contributed by atoms with Gasteiger partial charge in [-0.3, -0.25) is 0 Å². The van der Waals surface area contributed by atoms with E-state index in [0.717, 1.165) is 12.8 Å². The van der Waals surface area contributed by atoms with Gasteiger partial charge in [0.25, 0.3) is 0 Å². The molecule has 0 bridgehead atoms. The van der Waals surface area contributed by atoms with Crippen LogP contribution in [-0.4, -0.2) is 17.2 Å². The van der Waals surface area contributed by atoms with Crippen LogP contribution in [0.5, 0.6) is 0 Å². The topological polar surface area (TPSA) is 59.7 Å². The molecule has 0 aliphatic heterocycles. The van der Waals surface area contributed by atoms with Gasteiger partial charge >= 0.3 is 5.97 Å². The molecule has 2 rings (SSSR count). The molecule has 4 heteroatoms. The number of aromatic carboxylic acids is 1. The molecule has 1 fully saturated rings. The Kier molecular flexibility index (Phi) is 2.77. The van der Waals surface area contributed by atoms with E-state index in [1.54, 1.807) is 6.07 Å². The summed E-state index contributed by atoms with van der Waals surface area (Å²) in [7, 11) is 0. The summed E-state index contributed by atoms with van der Waals surface area (Å²) in [6, 6.07) is 3.12. The number of carboxylic acids is 1. The van der Waals surface area contributed by atoms with Crippen LogP contribution in [0.4, 0.5) is 0 Å². The van der Waals surface area contributed by atoms with E-state index in [4.69, 9.17) is 14.3 Å². The molecule has 1 atom stereocenters. The molecule has 1 heterocycles. The molecular formula is C11H14O4. The van der Waals surface area contributed by atoms with Crippen LogP contribution in [0, 0.1) is 0 Å². The van der Waals surface area contributed by atoms with Crippen LogP contribution in [-0.2, 0) is 4.74 Å². The highest BCUT2D eigenvalue weighted by atomic mass is 16.5. The minimum Gasteiger partial charge on any atom is -0.475 e. The molecule has 1 unspecified atom stereocenters. The van der Waals surface area contributed by atoms with Crippen LogP contribution in [0.2, 0.25) is 0 Å². The van der Waals surface area contributed by atoms with Gasteiger partial charge in [0.1, 0.15) is 11.9 Å². The number of carboxylic acid groups (broad SMARTS) is 1. The first-order chi connectivity index (χ1) is 7.16. The van der Waals surface area contributed by atoms with E-state index in [0.29, 0.717) is 11.9 Å². The molecule has 0 saturated heterocycles. The molecular weight excluding hydrogens is 196 g/mol. The van der Waals surface area contributed by atoms with Crippen molar-refractivity contribution in [3.8, 4) is 0 Å². The van der Waals surface area contributed by atoms with Crippen LogP contribution in [0.25, 0.3) is 0 Å². The second-order valence-electron chi connectivity index (χ2n) is 3.84. The fourth-order valence-corrected chi connectivity index (χ4v) is 1.55. The van der Waals surface area contributed by atoms with Crippen molar-refractivity contribution in [2.24, 2.45) is 0 Å². The molecule has 1 N–H and O–H groups in total. The zero-order valence-corrected chi connectivity index (χ0v) is 8.60. The van der Waals surface area contributed by atoms with Gasteiger partial charge in [-0.2, -0.15) is 0 Å². The van der Waals surface area contributed by atoms with Crippen LogP contribution < -0.4 is 0 Å². The van der Waals surface area contributed by atoms with Crippen LogP contribution >= 0.6 is 0 Å². The highest BCUT2D eigenvalue weighted by Gasteiger charge is 2.23. The zero-order chi connectivity index (χ0) is 10.8. The first-order valence-electron chi connectivity index (χ1n) is 5.15. The normalized spacial score (nSPS) is 18.5. The fraction of sp³-hybridized carbons (Fsp3) is 0.545. The van der Waals surface area contributed by atoms with Crippen molar-refractivity contribution in [3.63, 3.8) is 0 Å². The summed E-state index contributed by atoms with van der Waals surface area (Å²) >= 11 is 0. The molecule has 1 saturated carbocycles. The van der Waals surface area contributed by atoms with Gasteiger partial charge in [-0.15, -0.1) is 0 Å². The van der Waals surface area contributed by atoms with Crippen LogP contribution in [0.1, 0.15) is 48.6 Å². The summed E-state index contributed by atoms with van der Waals surface area (Å²) in [5.41, 5.74) is 0. The zero-order valence-electron chi connectivity index (χ0n) is 8.60. The molecule has 0 aromatic carbocycles. The highest BCUT2D eigenvalue weighted by molar-refractivity contribution is 5.84. The first-order valence-corrected chi connectivity index (χ1v) is 5.15. The molecule has 4 nitrogen and oxygen atoms in total. The highest BCUT2D eigenvalue weighted by Crippen LogP contribution is 2.29. The van der Waals surface area contributed by atoms with Gasteiger partial charge in [0.2, 0.25) is 5.76 Å². The standard InChI is InChI=1S/C11H14O4/c1-7(14-8-3-2-4-8)9-5-6-10(15-9)11(12)13/h5-8H,2-4H2,1H3,(H,12,13). The van der Waals surface area contributed by atoms with Gasteiger partial charge in [0.05, 0.1) is 6.10 Å². The second-order valence-corrected chi connectivity index (χ2v) is 3.84. The van der Waals surface area contributed by atoms with E-state index >= 15 is 0 Å². The van der Waals surface area contributed by atoms with Gasteiger partial charge in [-0.25, -0.2) is 4.79 Å². The summed E-state index contributed by atoms with van der Waals surface area (Å²) in [4.78, 5) is 10.6. The predicted octanol–water partition coefficient (Wildman–Crippen LogP) is 2.61. The van der Waals surface area contributed by atoms with Crippen molar-refractivity contribution in [2.45, 2.75) is 38.4 Å². The lowest BCUT2D eigenvalue weighted by atomic mass is 9.96. The Hall–Kier alpha value is -1.29. The lowest BCUT2D eigenvalue weighted by molar-refractivity contribution is -0.0529. The van der Waals surface area contributed by atoms with Crippen molar-refractivity contribution >= 4 is 5.97 Å². The lowest BCUT2D eigenvalue weighted by Crippen LogP contribution is -2.22. The minimum atomic E-state index is -1.04. The van der Waals surface area contributed by atoms with E-state index in [2.05, 4.69) is 0 Å². The predicted molar refractivity (Wildman–Crippen MR) is 52.8 cm³/mol. The Labute approximate surface area is 87.8 Å². The number of hydrogen-bond acceptors (Lipinski definition) is 3. The molecule has 1 aromatic rings. The monoisotopic (exact) mass is 210 g/mol. The number of ether oxygens (including phenoxy) is 1. The minimum absolute atomic E-state index is 0.0333. The van der Waals surface area contributed by atoms with Gasteiger partial charge in [-0.1, -0.05) is 0 Å². The third-order valence-corrected chi connectivity index (χ3v) is 2.69. The number of carbonyl (C=O) groups is 1. The Morgan fingerprint density at radius 1 is 1.60 bits per heavy atom. The lowest BCUT2D eigenvalue weighted by Gasteiger charge is -2.28. The number of furan rings is 1. The molecule has 1 aromatic heterocycles. The number of hydrogen-bond donors (Lipinski definition) is 1. The van der Waals surface area contributed by atoms with Crippen molar-refractivity contribution < 1.29 is 19.1 Å². The average molecular weight is 210 g/mol. The molecule has 0 amide bonds. The van der Waals surface area contributed by atoms with E-state index in [9.17, 15) is 4.79 Å². The SMILES string of the molecule is CC(OC1CCC1)c1ccc(C(=O)O)o1. The quantitative estimate of drug-likeness (QED) is 0.829. The smallest absolute Gasteiger partial charge is 0.371 e. The summed E-state index contributed by atoms with van der Waals surface area (Å²) in [6.07, 6.45) is 3.56. The number of rotatable bonds is 4. The Balaban J connectivity index is 1.97. The summed E-state index contributed by atoms with van der Waals surface area (Å²) in [5.74, 6) is -0.495. The maximum atomic E-state index is 10.6. The summed E-state index contributed by atoms with van der Waals surface area (Å²) in [5, 5.41) is 8.68. The molecule has 15 heavy (non-hydrogen) atoms. The second kappa shape index (κ2) is 4.06. The molecule has 0 spiro atoms. The summed E-state index contributed by atoms with van der Waals surface area (Å²) < 4.78 is 10.8. The average Bonchev–Trinajstić information content (AvgIpc) is 2.59. The van der Waals surface area contributed by atoms with Crippen molar-refractivity contribution in [2.75, 3.05) is 0 Å². The van der Waals surface area contributed by atoms with Gasteiger partial charge < -0.3 is 14.3 Å². The molecule has 82 valence electrons. The van der Waals surface area contributed by atoms with Crippen LogP contribution in [0.3, 0.4) is 0 Å². The van der Waals surface area contributed by atoms with Gasteiger partial charge in [-0.05, 0) is 38.3 Å². The maximum Gasteiger partial charge on any atom is 0.371 e. The Bertz CT molecular complexity index is 351. The molecule has 1 aliphatic carbocycles. The van der Waals surface area contributed by atoms with E-state index in [-0.39, 0.29) is 11.9 Å². The Morgan fingerprint density at radius 2 is 2.33 bits per heavy atom. The van der Waals surface area contributed by atoms with Crippen molar-refractivity contribution in [1.82, 2.24) is 0 Å². The molecule has 0 radical (unpaired) electrons. The van der Waals surface area contributed by atoms with Crippen molar-refractivity contribution in [1.29, 1.82) is 0 Å². The Morgan fingerprint density at radius 3 is 2.80 bits per heavy atom. The third-order valence-electron chi connectivity index (χ3n) is 2.69. The van der Waals surface area contributed by atoms with E-state index < -0.39 is 5.97 Å². The van der Waals surface area contributed by atoms with E-state index in [1.807, 2.05) is 6.92 Å². The molecule has 1 aliphatic rings. The van der Waals surface area contributed by atoms with Crippen molar-refractivity contribution in [3.05, 3.63) is 23.7 Å². The summed E-state index contributed by atoms with van der Waals surface area (Å²) in [6.45, 7) is 1.88. The third kappa shape index (κ3) is 2.21. The fourth-order valence-electron chi connectivity index (χ4n) is 1.55. The van der Waals surface area contributed by atoms with Crippen LogP contribution in [0.15, 0.2) is 16.5 Å². The van der Waals surface area contributed by atoms with E-state index in [1.165, 1.54) is 12.5 Å². The van der Waals surface area contributed by atoms with Gasteiger partial charge in [0.15, 0.2) is 0 Å².